The summed E-state index contributed by atoms with van der Waals surface area (Å²) in [4.78, 5) is 0. The zero-order valence-electron chi connectivity index (χ0n) is 13.4. The molecule has 0 unspecified atom stereocenters. The molecule has 0 nitrogen and oxygen atoms in total. The van der Waals surface area contributed by atoms with E-state index in [1.807, 2.05) is 32.9 Å². The van der Waals surface area contributed by atoms with E-state index in [0.29, 0.717) is 0 Å². The summed E-state index contributed by atoms with van der Waals surface area (Å²) < 4.78 is 0. The van der Waals surface area contributed by atoms with Gasteiger partial charge in [-0.25, -0.2) is 0 Å². The van der Waals surface area contributed by atoms with E-state index in [4.69, 9.17) is 0 Å². The molecule has 1 aliphatic carbocycles. The van der Waals surface area contributed by atoms with Crippen molar-refractivity contribution in [3.63, 3.8) is 0 Å². The van der Waals surface area contributed by atoms with Gasteiger partial charge in [-0.1, -0.05) is 70.2 Å². The molecule has 0 aliphatic heterocycles. The van der Waals surface area contributed by atoms with E-state index < -0.39 is 0 Å². The molecule has 0 saturated heterocycles. The molecule has 0 aromatic carbocycles. The Hall–Kier alpha value is -1.30. The van der Waals surface area contributed by atoms with Gasteiger partial charge in [-0.2, -0.15) is 0 Å². The highest BCUT2D eigenvalue weighted by Gasteiger charge is 2.32. The topological polar surface area (TPSA) is 0 Å². The van der Waals surface area contributed by atoms with Gasteiger partial charge in [0.15, 0.2) is 0 Å². The SMILES string of the molecule is C=CC.C=CC1=C(C)C(C)(C)C(C)=C1C=C.CC. The van der Waals surface area contributed by atoms with Gasteiger partial charge in [0.2, 0.25) is 0 Å². The van der Waals surface area contributed by atoms with Crippen LogP contribution >= 0.6 is 0 Å². The first-order valence-electron chi connectivity index (χ1n) is 6.63. The van der Waals surface area contributed by atoms with E-state index in [2.05, 4.69) is 47.4 Å². The third-order valence-electron chi connectivity index (χ3n) is 3.38. The standard InChI is InChI=1S/C13H18.C3H6.C2H6/c1-7-11-9(3)13(5,6)10(4)12(11)8-2;1-3-2;1-2/h7-8H,1-2H2,3-6H3;3H,1H2,2H3;1-2H3. The fraction of sp³-hybridized carbons (Fsp3) is 0.444. The molecule has 0 radical (unpaired) electrons. The summed E-state index contributed by atoms with van der Waals surface area (Å²) in [5, 5.41) is 0. The molecule has 0 aromatic heterocycles. The van der Waals surface area contributed by atoms with Crippen molar-refractivity contribution in [1.29, 1.82) is 0 Å². The van der Waals surface area contributed by atoms with E-state index in [0.717, 1.165) is 0 Å². The molecule has 0 heterocycles. The smallest absolute Gasteiger partial charge is 0.00769 e. The van der Waals surface area contributed by atoms with Crippen molar-refractivity contribution in [3.05, 3.63) is 60.3 Å². The fourth-order valence-electron chi connectivity index (χ4n) is 1.88. The third-order valence-corrected chi connectivity index (χ3v) is 3.38. The quantitative estimate of drug-likeness (QED) is 0.505. The first kappa shape index (κ1) is 19.0. The molecule has 0 aromatic rings. The van der Waals surface area contributed by atoms with E-state index in [1.165, 1.54) is 22.3 Å². The molecule has 0 fully saturated rings. The van der Waals surface area contributed by atoms with Crippen LogP contribution in [0.4, 0.5) is 0 Å². The molecular weight excluding hydrogens is 216 g/mol. The minimum absolute atomic E-state index is 0.174. The Labute approximate surface area is 115 Å². The predicted octanol–water partition coefficient (Wildman–Crippen LogP) is 6.25. The number of hydrogen-bond acceptors (Lipinski definition) is 0. The number of rotatable bonds is 2. The molecular formula is C18H30. The van der Waals surface area contributed by atoms with Crippen molar-refractivity contribution in [2.24, 2.45) is 5.41 Å². The first-order chi connectivity index (χ1) is 8.38. The van der Waals surface area contributed by atoms with Gasteiger partial charge in [-0.3, -0.25) is 0 Å². The highest BCUT2D eigenvalue weighted by atomic mass is 14.4. The maximum atomic E-state index is 3.85. The summed E-state index contributed by atoms with van der Waals surface area (Å²) in [5.74, 6) is 0. The van der Waals surface area contributed by atoms with Crippen LogP contribution in [0.25, 0.3) is 0 Å². The van der Waals surface area contributed by atoms with Crippen molar-refractivity contribution in [1.82, 2.24) is 0 Å². The van der Waals surface area contributed by atoms with Crippen LogP contribution in [0.3, 0.4) is 0 Å². The number of allylic oxidation sites excluding steroid dienone is 7. The van der Waals surface area contributed by atoms with Gasteiger partial charge in [-0.05, 0) is 31.9 Å². The Kier molecular flexibility index (Phi) is 9.25. The normalized spacial score (nSPS) is 16.2. The van der Waals surface area contributed by atoms with Crippen LogP contribution in [0.1, 0.15) is 48.5 Å². The lowest BCUT2D eigenvalue weighted by Gasteiger charge is -2.22. The molecule has 1 aliphatic rings. The van der Waals surface area contributed by atoms with Gasteiger partial charge in [0, 0.05) is 5.41 Å². The molecule has 0 spiro atoms. The van der Waals surface area contributed by atoms with E-state index in [9.17, 15) is 0 Å². The van der Waals surface area contributed by atoms with Crippen molar-refractivity contribution in [2.75, 3.05) is 0 Å². The molecule has 0 bridgehead atoms. The lowest BCUT2D eigenvalue weighted by Crippen LogP contribution is -2.11. The molecule has 102 valence electrons. The van der Waals surface area contributed by atoms with Gasteiger partial charge < -0.3 is 0 Å². The average Bonchev–Trinajstić information content (AvgIpc) is 2.53. The summed E-state index contributed by atoms with van der Waals surface area (Å²) >= 11 is 0. The summed E-state index contributed by atoms with van der Waals surface area (Å²) in [6.45, 7) is 25.8. The van der Waals surface area contributed by atoms with Crippen LogP contribution in [-0.4, -0.2) is 0 Å². The summed E-state index contributed by atoms with van der Waals surface area (Å²) in [6, 6.07) is 0. The van der Waals surface area contributed by atoms with Gasteiger partial charge in [0.05, 0.1) is 0 Å². The Morgan fingerprint density at radius 3 is 1.22 bits per heavy atom. The minimum Gasteiger partial charge on any atom is -0.103 e. The Morgan fingerprint density at radius 1 is 0.833 bits per heavy atom. The highest BCUT2D eigenvalue weighted by molar-refractivity contribution is 5.59. The maximum absolute atomic E-state index is 3.85. The first-order valence-corrected chi connectivity index (χ1v) is 6.63. The van der Waals surface area contributed by atoms with Crippen molar-refractivity contribution >= 4 is 0 Å². The van der Waals surface area contributed by atoms with Crippen LogP contribution in [0, 0.1) is 5.41 Å². The second kappa shape index (κ2) is 8.74. The largest absolute Gasteiger partial charge is 0.103 e. The van der Waals surface area contributed by atoms with E-state index in [-0.39, 0.29) is 5.41 Å². The van der Waals surface area contributed by atoms with Crippen LogP contribution < -0.4 is 0 Å². The van der Waals surface area contributed by atoms with Crippen LogP contribution in [0.5, 0.6) is 0 Å². The molecule has 18 heavy (non-hydrogen) atoms. The van der Waals surface area contributed by atoms with Gasteiger partial charge >= 0.3 is 0 Å². The van der Waals surface area contributed by atoms with Crippen molar-refractivity contribution < 1.29 is 0 Å². The zero-order chi connectivity index (χ0) is 14.9. The Morgan fingerprint density at radius 2 is 1.06 bits per heavy atom. The molecule has 0 heteroatoms. The molecule has 0 atom stereocenters. The van der Waals surface area contributed by atoms with E-state index >= 15 is 0 Å². The van der Waals surface area contributed by atoms with Gasteiger partial charge in [0.25, 0.3) is 0 Å². The summed E-state index contributed by atoms with van der Waals surface area (Å²) in [6.07, 6.45) is 5.62. The lowest BCUT2D eigenvalue weighted by molar-refractivity contribution is 0.548. The second-order valence-corrected chi connectivity index (χ2v) is 4.52. The Bertz CT molecular complexity index is 327. The minimum atomic E-state index is 0.174. The molecule has 0 saturated carbocycles. The molecule has 1 rings (SSSR count). The zero-order valence-corrected chi connectivity index (χ0v) is 13.4. The maximum Gasteiger partial charge on any atom is 0.00769 e. The number of hydrogen-bond donors (Lipinski definition) is 0. The summed E-state index contributed by atoms with van der Waals surface area (Å²) in [5.41, 5.74) is 5.49. The van der Waals surface area contributed by atoms with Gasteiger partial charge in [-0.15, -0.1) is 6.58 Å². The van der Waals surface area contributed by atoms with Crippen molar-refractivity contribution in [2.45, 2.75) is 48.5 Å². The monoisotopic (exact) mass is 246 g/mol. The average molecular weight is 246 g/mol. The molecule has 0 amide bonds. The predicted molar refractivity (Wildman–Crippen MR) is 86.8 cm³/mol. The van der Waals surface area contributed by atoms with Crippen LogP contribution in [0.15, 0.2) is 60.3 Å². The second-order valence-electron chi connectivity index (χ2n) is 4.52. The third kappa shape index (κ3) is 3.87. The molecule has 0 N–H and O–H groups in total. The van der Waals surface area contributed by atoms with Crippen molar-refractivity contribution in [3.8, 4) is 0 Å². The van der Waals surface area contributed by atoms with Gasteiger partial charge in [0.1, 0.15) is 0 Å². The van der Waals surface area contributed by atoms with Crippen LogP contribution in [-0.2, 0) is 0 Å². The Balaban J connectivity index is 0. The van der Waals surface area contributed by atoms with Crippen LogP contribution in [0.2, 0.25) is 0 Å². The van der Waals surface area contributed by atoms with E-state index in [1.54, 1.807) is 6.08 Å². The lowest BCUT2D eigenvalue weighted by atomic mass is 9.82. The summed E-state index contributed by atoms with van der Waals surface area (Å²) in [7, 11) is 0. The fourth-order valence-corrected chi connectivity index (χ4v) is 1.88. The highest BCUT2D eigenvalue weighted by Crippen LogP contribution is 2.46.